The van der Waals surface area contributed by atoms with E-state index < -0.39 is 33.2 Å². The molecule has 1 rings (SSSR count). The molecule has 80 valence electrons. The van der Waals surface area contributed by atoms with Crippen molar-refractivity contribution in [3.05, 3.63) is 33.9 Å². The Hall–Kier alpha value is -1.80. The molecule has 0 fully saturated rings. The molecular weight excluding hydrogens is 226 g/mol. The molecule has 0 aromatic heterocycles. The van der Waals surface area contributed by atoms with E-state index in [4.69, 9.17) is 9.66 Å². The third-order valence-corrected chi connectivity index (χ3v) is 2.32. The third kappa shape index (κ3) is 2.36. The summed E-state index contributed by atoms with van der Waals surface area (Å²) in [6.45, 7) is 0. The van der Waals surface area contributed by atoms with Crippen molar-refractivity contribution in [2.24, 2.45) is 0 Å². The van der Waals surface area contributed by atoms with Crippen LogP contribution in [0.5, 0.6) is 0 Å². The van der Waals surface area contributed by atoms with Gasteiger partial charge in [0.25, 0.3) is 5.69 Å². The third-order valence-electron chi connectivity index (χ3n) is 1.59. The lowest BCUT2D eigenvalue weighted by Gasteiger charge is -2.00. The molecule has 1 unspecified atom stereocenters. The second-order valence-electron chi connectivity index (χ2n) is 2.49. The number of carboxylic acid groups (broad SMARTS) is 1. The molecule has 0 aliphatic heterocycles. The van der Waals surface area contributed by atoms with Gasteiger partial charge in [0.15, 0.2) is 11.1 Å². The van der Waals surface area contributed by atoms with Gasteiger partial charge in [-0.2, -0.15) is 0 Å². The number of non-ortho nitro benzene ring substituents is 1. The maximum absolute atomic E-state index is 10.7. The van der Waals surface area contributed by atoms with Crippen molar-refractivity contribution in [3.63, 3.8) is 0 Å². The Morgan fingerprint density at radius 3 is 2.47 bits per heavy atom. The first-order valence-corrected chi connectivity index (χ1v) is 4.66. The van der Waals surface area contributed by atoms with Crippen molar-refractivity contribution in [1.82, 2.24) is 0 Å². The molecule has 7 nitrogen and oxygen atoms in total. The SMILES string of the molecule is O=C(O)c1cc([N+](=O)[O-])ccc1S(=O)O. The lowest BCUT2D eigenvalue weighted by Crippen LogP contribution is -2.04. The summed E-state index contributed by atoms with van der Waals surface area (Å²) >= 11 is -2.49. The lowest BCUT2D eigenvalue weighted by atomic mass is 10.2. The summed E-state index contributed by atoms with van der Waals surface area (Å²) in [6.07, 6.45) is 0. The van der Waals surface area contributed by atoms with E-state index in [1.807, 2.05) is 0 Å². The van der Waals surface area contributed by atoms with Gasteiger partial charge in [0.1, 0.15) is 0 Å². The average Bonchev–Trinajstić information content (AvgIpc) is 2.16. The highest BCUT2D eigenvalue weighted by Gasteiger charge is 2.18. The summed E-state index contributed by atoms with van der Waals surface area (Å²) in [7, 11) is 0. The monoisotopic (exact) mass is 231 g/mol. The Bertz CT molecular complexity index is 457. The van der Waals surface area contributed by atoms with Crippen LogP contribution in [0.25, 0.3) is 0 Å². The average molecular weight is 231 g/mol. The number of carbonyl (C=O) groups is 1. The molecule has 0 bridgehead atoms. The van der Waals surface area contributed by atoms with Crippen LogP contribution in [-0.4, -0.2) is 24.8 Å². The smallest absolute Gasteiger partial charge is 0.337 e. The minimum Gasteiger partial charge on any atom is -0.478 e. The molecule has 1 aromatic carbocycles. The molecule has 2 N–H and O–H groups in total. The number of nitrogens with zero attached hydrogens (tertiary/aromatic N) is 1. The molecule has 0 saturated heterocycles. The largest absolute Gasteiger partial charge is 0.478 e. The van der Waals surface area contributed by atoms with Crippen molar-refractivity contribution >= 4 is 22.7 Å². The van der Waals surface area contributed by atoms with E-state index >= 15 is 0 Å². The Morgan fingerprint density at radius 1 is 1.47 bits per heavy atom. The number of rotatable bonds is 3. The first-order chi connectivity index (χ1) is 6.93. The quantitative estimate of drug-likeness (QED) is 0.452. The lowest BCUT2D eigenvalue weighted by molar-refractivity contribution is -0.384. The van der Waals surface area contributed by atoms with E-state index in [-0.39, 0.29) is 4.90 Å². The molecule has 1 aromatic rings. The molecule has 0 amide bonds. The van der Waals surface area contributed by atoms with Crippen molar-refractivity contribution in [2.45, 2.75) is 4.90 Å². The Labute approximate surface area is 85.8 Å². The Kier molecular flexibility index (Phi) is 3.12. The molecular formula is C7H5NO6S. The molecule has 0 aliphatic rings. The number of aromatic carboxylic acids is 1. The minimum absolute atomic E-state index is 0.367. The van der Waals surface area contributed by atoms with Gasteiger partial charge in [0, 0.05) is 12.1 Å². The fourth-order valence-corrected chi connectivity index (χ4v) is 1.47. The first-order valence-electron chi connectivity index (χ1n) is 3.56. The summed E-state index contributed by atoms with van der Waals surface area (Å²) < 4.78 is 19.4. The summed E-state index contributed by atoms with van der Waals surface area (Å²) in [4.78, 5) is 19.8. The van der Waals surface area contributed by atoms with Gasteiger partial charge in [-0.15, -0.1) is 0 Å². The summed E-state index contributed by atoms with van der Waals surface area (Å²) in [5.41, 5.74) is -0.994. The molecule has 15 heavy (non-hydrogen) atoms. The van der Waals surface area contributed by atoms with E-state index in [0.29, 0.717) is 0 Å². The highest BCUT2D eigenvalue weighted by atomic mass is 32.2. The second kappa shape index (κ2) is 4.15. The molecule has 0 saturated carbocycles. The van der Waals surface area contributed by atoms with Crippen LogP contribution in [0.1, 0.15) is 10.4 Å². The van der Waals surface area contributed by atoms with Crippen LogP contribution >= 0.6 is 0 Å². The van der Waals surface area contributed by atoms with Gasteiger partial charge in [0.2, 0.25) is 0 Å². The molecule has 0 radical (unpaired) electrons. The van der Waals surface area contributed by atoms with Gasteiger partial charge >= 0.3 is 5.97 Å². The van der Waals surface area contributed by atoms with Gasteiger partial charge in [-0.3, -0.25) is 10.1 Å². The van der Waals surface area contributed by atoms with Crippen LogP contribution in [0.2, 0.25) is 0 Å². The van der Waals surface area contributed by atoms with Gasteiger partial charge in [-0.25, -0.2) is 9.00 Å². The van der Waals surface area contributed by atoms with Crippen LogP contribution < -0.4 is 0 Å². The molecule has 8 heteroatoms. The van der Waals surface area contributed by atoms with Crippen LogP contribution in [-0.2, 0) is 11.1 Å². The van der Waals surface area contributed by atoms with E-state index in [1.54, 1.807) is 0 Å². The van der Waals surface area contributed by atoms with Gasteiger partial charge in [-0.05, 0) is 6.07 Å². The topological polar surface area (TPSA) is 118 Å². The fraction of sp³-hybridized carbons (Fsp3) is 0. The highest BCUT2D eigenvalue weighted by molar-refractivity contribution is 7.79. The van der Waals surface area contributed by atoms with Crippen molar-refractivity contribution < 1.29 is 23.6 Å². The number of nitro groups is 1. The van der Waals surface area contributed by atoms with Crippen LogP contribution in [0.3, 0.4) is 0 Å². The van der Waals surface area contributed by atoms with Crippen LogP contribution in [0.4, 0.5) is 5.69 Å². The number of carboxylic acids is 1. The predicted octanol–water partition coefficient (Wildman–Crippen LogP) is 0.874. The van der Waals surface area contributed by atoms with Gasteiger partial charge in [0.05, 0.1) is 15.4 Å². The van der Waals surface area contributed by atoms with E-state index in [0.717, 1.165) is 18.2 Å². The van der Waals surface area contributed by atoms with Crippen molar-refractivity contribution in [1.29, 1.82) is 0 Å². The molecule has 0 heterocycles. The number of benzene rings is 1. The Morgan fingerprint density at radius 2 is 2.07 bits per heavy atom. The van der Waals surface area contributed by atoms with E-state index in [9.17, 15) is 19.1 Å². The summed E-state index contributed by atoms with van der Waals surface area (Å²) in [6, 6.07) is 2.65. The summed E-state index contributed by atoms with van der Waals surface area (Å²) in [5.74, 6) is -1.49. The predicted molar refractivity (Wildman–Crippen MR) is 49.1 cm³/mol. The van der Waals surface area contributed by atoms with Gasteiger partial charge < -0.3 is 9.66 Å². The van der Waals surface area contributed by atoms with E-state index in [1.165, 1.54) is 0 Å². The van der Waals surface area contributed by atoms with Crippen LogP contribution in [0, 0.1) is 10.1 Å². The molecule has 0 aliphatic carbocycles. The first kappa shape index (κ1) is 11.3. The van der Waals surface area contributed by atoms with Gasteiger partial charge in [-0.1, -0.05) is 0 Å². The second-order valence-corrected chi connectivity index (χ2v) is 3.43. The Balaban J connectivity index is 3.40. The van der Waals surface area contributed by atoms with Crippen molar-refractivity contribution in [2.75, 3.05) is 0 Å². The zero-order valence-corrected chi connectivity index (χ0v) is 7.93. The van der Waals surface area contributed by atoms with Crippen molar-refractivity contribution in [3.8, 4) is 0 Å². The highest BCUT2D eigenvalue weighted by Crippen LogP contribution is 2.20. The number of nitro benzene ring substituents is 1. The normalized spacial score (nSPS) is 12.1. The number of hydrogen-bond donors (Lipinski definition) is 2. The maximum atomic E-state index is 10.7. The van der Waals surface area contributed by atoms with E-state index in [2.05, 4.69) is 0 Å². The summed E-state index contributed by atoms with van der Waals surface area (Å²) in [5, 5.41) is 19.0. The zero-order valence-electron chi connectivity index (χ0n) is 7.11. The molecule has 1 atom stereocenters. The number of hydrogen-bond acceptors (Lipinski definition) is 4. The zero-order chi connectivity index (χ0) is 11.6. The molecule has 0 spiro atoms. The standard InChI is InChI=1S/C7H5NO6S/c9-7(10)5-3-4(8(11)12)1-2-6(5)15(13)14/h1-3H,(H,9,10)(H,13,14). The van der Waals surface area contributed by atoms with Crippen LogP contribution in [0.15, 0.2) is 23.1 Å². The fourth-order valence-electron chi connectivity index (χ4n) is 0.951. The minimum atomic E-state index is -2.49. The maximum Gasteiger partial charge on any atom is 0.337 e.